The highest BCUT2D eigenvalue weighted by Gasteiger charge is 2.19. The van der Waals surface area contributed by atoms with Gasteiger partial charge >= 0.3 is 0 Å². The van der Waals surface area contributed by atoms with Crippen LogP contribution in [0.3, 0.4) is 0 Å². The number of para-hydroxylation sites is 1. The second-order valence-corrected chi connectivity index (χ2v) is 7.16. The lowest BCUT2D eigenvalue weighted by atomic mass is 10.1. The average molecular weight is 447 g/mol. The first-order valence-corrected chi connectivity index (χ1v) is 10.4. The molecule has 0 radical (unpaired) electrons. The lowest BCUT2D eigenvalue weighted by Crippen LogP contribution is -2.28. The van der Waals surface area contributed by atoms with Crippen LogP contribution in [0.5, 0.6) is 17.2 Å². The van der Waals surface area contributed by atoms with Crippen LogP contribution < -0.4 is 19.5 Å². The number of hydrogen-bond donors (Lipinski definition) is 1. The Morgan fingerprint density at radius 2 is 1.70 bits per heavy atom. The van der Waals surface area contributed by atoms with E-state index in [0.29, 0.717) is 47.4 Å². The molecule has 0 spiro atoms. The second-order valence-electron chi connectivity index (χ2n) is 7.16. The fraction of sp³-hybridized carbons (Fsp3) is 0.200. The van der Waals surface area contributed by atoms with Crippen molar-refractivity contribution in [3.05, 3.63) is 78.2 Å². The van der Waals surface area contributed by atoms with E-state index < -0.39 is 0 Å². The highest BCUT2D eigenvalue weighted by atomic mass is 16.5. The van der Waals surface area contributed by atoms with Gasteiger partial charge in [-0.25, -0.2) is 4.68 Å². The minimum absolute atomic E-state index is 0.254. The van der Waals surface area contributed by atoms with Crippen molar-refractivity contribution in [1.29, 1.82) is 0 Å². The molecule has 0 atom stereocenters. The lowest BCUT2D eigenvalue weighted by molar-refractivity contribution is 0.0946. The van der Waals surface area contributed by atoms with Crippen molar-refractivity contribution < 1.29 is 23.4 Å². The van der Waals surface area contributed by atoms with Gasteiger partial charge in [-0.3, -0.25) is 4.79 Å². The van der Waals surface area contributed by atoms with E-state index in [2.05, 4.69) is 10.4 Å². The van der Waals surface area contributed by atoms with E-state index in [4.69, 9.17) is 18.6 Å². The Kier molecular flexibility index (Phi) is 6.64. The van der Waals surface area contributed by atoms with E-state index in [9.17, 15) is 4.79 Å². The first-order chi connectivity index (χ1) is 16.1. The Morgan fingerprint density at radius 3 is 2.30 bits per heavy atom. The van der Waals surface area contributed by atoms with E-state index in [1.807, 2.05) is 36.4 Å². The van der Waals surface area contributed by atoms with Crippen molar-refractivity contribution in [3.8, 4) is 34.4 Å². The number of carbonyl (C=O) groups excluding carboxylic acids is 1. The Labute approximate surface area is 191 Å². The molecule has 2 aromatic heterocycles. The number of furan rings is 1. The van der Waals surface area contributed by atoms with Gasteiger partial charge in [0.15, 0.2) is 5.76 Å². The van der Waals surface area contributed by atoms with E-state index in [1.165, 1.54) is 0 Å². The molecule has 170 valence electrons. The SMILES string of the molecule is COc1cc(OC)c(CCNC(=O)c2cc(-c3ccco3)nn2-c2ccccc2)c(OC)c1. The van der Waals surface area contributed by atoms with Crippen LogP contribution in [0.2, 0.25) is 0 Å². The van der Waals surface area contributed by atoms with E-state index in [1.54, 1.807) is 56.5 Å². The number of nitrogens with one attached hydrogen (secondary N) is 1. The Balaban J connectivity index is 1.56. The van der Waals surface area contributed by atoms with Crippen LogP contribution in [0.1, 0.15) is 16.1 Å². The van der Waals surface area contributed by atoms with Gasteiger partial charge < -0.3 is 23.9 Å². The van der Waals surface area contributed by atoms with E-state index in [-0.39, 0.29) is 5.91 Å². The van der Waals surface area contributed by atoms with Gasteiger partial charge in [-0.15, -0.1) is 0 Å². The third kappa shape index (κ3) is 4.69. The standard InChI is InChI=1S/C25H25N3O5/c1-30-18-14-23(31-2)19(24(15-18)32-3)11-12-26-25(29)21-16-20(22-10-7-13-33-22)27-28(21)17-8-5-4-6-9-17/h4-10,13-16H,11-12H2,1-3H3,(H,26,29). The fourth-order valence-corrected chi connectivity index (χ4v) is 3.57. The smallest absolute Gasteiger partial charge is 0.270 e. The number of ether oxygens (including phenoxy) is 3. The molecule has 0 fully saturated rings. The minimum atomic E-state index is -0.254. The second kappa shape index (κ2) is 9.95. The molecule has 0 aliphatic carbocycles. The van der Waals surface area contributed by atoms with Crippen LogP contribution in [-0.4, -0.2) is 43.6 Å². The van der Waals surface area contributed by atoms with Crippen LogP contribution in [0.25, 0.3) is 17.1 Å². The molecule has 4 rings (SSSR count). The highest BCUT2D eigenvalue weighted by Crippen LogP contribution is 2.34. The number of rotatable bonds is 9. The summed E-state index contributed by atoms with van der Waals surface area (Å²) in [7, 11) is 4.76. The van der Waals surface area contributed by atoms with Crippen LogP contribution >= 0.6 is 0 Å². The van der Waals surface area contributed by atoms with Gasteiger partial charge in [-0.1, -0.05) is 18.2 Å². The number of amides is 1. The largest absolute Gasteiger partial charge is 0.496 e. The third-order valence-corrected chi connectivity index (χ3v) is 5.19. The lowest BCUT2D eigenvalue weighted by Gasteiger charge is -2.15. The molecular weight excluding hydrogens is 422 g/mol. The number of aromatic nitrogens is 2. The summed E-state index contributed by atoms with van der Waals surface area (Å²) < 4.78 is 23.4. The molecule has 0 aliphatic heterocycles. The highest BCUT2D eigenvalue weighted by molar-refractivity contribution is 5.94. The molecule has 0 bridgehead atoms. The van der Waals surface area contributed by atoms with Crippen molar-refractivity contribution >= 4 is 5.91 Å². The van der Waals surface area contributed by atoms with Crippen LogP contribution in [0.15, 0.2) is 71.3 Å². The van der Waals surface area contributed by atoms with Gasteiger partial charge in [0.2, 0.25) is 0 Å². The van der Waals surface area contributed by atoms with Crippen molar-refractivity contribution in [2.45, 2.75) is 6.42 Å². The third-order valence-electron chi connectivity index (χ3n) is 5.19. The molecule has 33 heavy (non-hydrogen) atoms. The molecule has 8 nitrogen and oxygen atoms in total. The quantitative estimate of drug-likeness (QED) is 0.415. The molecule has 2 heterocycles. The van der Waals surface area contributed by atoms with Crippen molar-refractivity contribution in [1.82, 2.24) is 15.1 Å². The number of benzene rings is 2. The fourth-order valence-electron chi connectivity index (χ4n) is 3.57. The Hall–Kier alpha value is -4.20. The molecule has 1 N–H and O–H groups in total. The summed E-state index contributed by atoms with van der Waals surface area (Å²) in [5.41, 5.74) is 2.60. The summed E-state index contributed by atoms with van der Waals surface area (Å²) in [5, 5.41) is 7.57. The molecule has 0 saturated heterocycles. The molecular formula is C25H25N3O5. The maximum Gasteiger partial charge on any atom is 0.270 e. The predicted molar refractivity (Wildman–Crippen MR) is 123 cm³/mol. The number of nitrogens with zero attached hydrogens (tertiary/aromatic N) is 2. The molecule has 2 aromatic carbocycles. The zero-order chi connectivity index (χ0) is 23.2. The predicted octanol–water partition coefficient (Wildman–Crippen LogP) is 4.13. The van der Waals surface area contributed by atoms with Gasteiger partial charge in [-0.05, 0) is 30.7 Å². The summed E-state index contributed by atoms with van der Waals surface area (Å²) in [6, 6.07) is 18.4. The van der Waals surface area contributed by atoms with Crippen molar-refractivity contribution in [3.63, 3.8) is 0 Å². The van der Waals surface area contributed by atoms with Gasteiger partial charge in [-0.2, -0.15) is 5.10 Å². The van der Waals surface area contributed by atoms with Gasteiger partial charge in [0, 0.05) is 30.3 Å². The van der Waals surface area contributed by atoms with Crippen molar-refractivity contribution in [2.75, 3.05) is 27.9 Å². The van der Waals surface area contributed by atoms with Crippen LogP contribution in [0.4, 0.5) is 0 Å². The number of hydrogen-bond acceptors (Lipinski definition) is 6. The van der Waals surface area contributed by atoms with Gasteiger partial charge in [0.05, 0.1) is 33.3 Å². The summed E-state index contributed by atoms with van der Waals surface area (Å²) in [4.78, 5) is 13.1. The van der Waals surface area contributed by atoms with Gasteiger partial charge in [0.1, 0.15) is 28.6 Å². The Bertz CT molecular complexity index is 1190. The molecule has 0 unspecified atom stereocenters. The molecule has 0 saturated carbocycles. The number of methoxy groups -OCH3 is 3. The van der Waals surface area contributed by atoms with Gasteiger partial charge in [0.25, 0.3) is 5.91 Å². The molecule has 1 amide bonds. The van der Waals surface area contributed by atoms with E-state index in [0.717, 1.165) is 11.3 Å². The molecule has 4 aromatic rings. The van der Waals surface area contributed by atoms with Crippen LogP contribution in [-0.2, 0) is 6.42 Å². The summed E-state index contributed by atoms with van der Waals surface area (Å²) >= 11 is 0. The first-order valence-electron chi connectivity index (χ1n) is 10.4. The van der Waals surface area contributed by atoms with E-state index >= 15 is 0 Å². The maximum absolute atomic E-state index is 13.1. The number of carbonyl (C=O) groups is 1. The monoisotopic (exact) mass is 447 g/mol. The first kappa shape index (κ1) is 22.0. The molecule has 0 aliphatic rings. The van der Waals surface area contributed by atoms with Crippen molar-refractivity contribution in [2.24, 2.45) is 0 Å². The Morgan fingerprint density at radius 1 is 0.970 bits per heavy atom. The average Bonchev–Trinajstić information content (AvgIpc) is 3.54. The van der Waals surface area contributed by atoms with Crippen LogP contribution in [0, 0.1) is 0 Å². The topological polar surface area (TPSA) is 87.8 Å². The summed E-state index contributed by atoms with van der Waals surface area (Å²) in [6.07, 6.45) is 2.08. The zero-order valence-electron chi connectivity index (χ0n) is 18.7. The normalized spacial score (nSPS) is 10.6. The minimum Gasteiger partial charge on any atom is -0.496 e. The maximum atomic E-state index is 13.1. The zero-order valence-corrected chi connectivity index (χ0v) is 18.7. The summed E-state index contributed by atoms with van der Waals surface area (Å²) in [6.45, 7) is 0.369. The summed E-state index contributed by atoms with van der Waals surface area (Å²) in [5.74, 6) is 2.24. The molecule has 8 heteroatoms.